The summed E-state index contributed by atoms with van der Waals surface area (Å²) < 4.78 is 24.0. The smallest absolute Gasteiger partial charge is 0.324 e. The van der Waals surface area contributed by atoms with Gasteiger partial charge in [-0.25, -0.2) is 0 Å². The van der Waals surface area contributed by atoms with Crippen molar-refractivity contribution in [3.63, 3.8) is 0 Å². The Hall–Kier alpha value is 0.110. The zero-order chi connectivity index (χ0) is 14.1. The number of nitrogens with zero attached hydrogens (tertiary/aromatic N) is 1. The minimum Gasteiger partial charge on any atom is -0.324 e. The van der Waals surface area contributed by atoms with E-state index >= 15 is 0 Å². The summed E-state index contributed by atoms with van der Waals surface area (Å²) >= 11 is 0. The Bertz CT molecular complexity index is 236. The van der Waals surface area contributed by atoms with E-state index in [0.29, 0.717) is 19.4 Å². The maximum absolute atomic E-state index is 12.3. The van der Waals surface area contributed by atoms with Crippen LogP contribution in [0.5, 0.6) is 0 Å². The molecule has 5 heteroatoms. The maximum atomic E-state index is 12.3. The van der Waals surface area contributed by atoms with Crippen molar-refractivity contribution in [1.29, 1.82) is 0 Å². The molecule has 0 radical (unpaired) electrons. The highest BCUT2D eigenvalue weighted by molar-refractivity contribution is 7.53. The summed E-state index contributed by atoms with van der Waals surface area (Å²) in [6, 6.07) is 0. The van der Waals surface area contributed by atoms with Crippen LogP contribution in [0.2, 0.25) is 0 Å². The largest absolute Gasteiger partial charge is 0.330 e. The van der Waals surface area contributed by atoms with Gasteiger partial charge in [-0.1, -0.05) is 0 Å². The molecule has 0 aromatic heterocycles. The van der Waals surface area contributed by atoms with E-state index in [1.165, 1.54) is 0 Å². The first-order valence-corrected chi connectivity index (χ1v) is 8.97. The van der Waals surface area contributed by atoms with E-state index in [-0.39, 0.29) is 0 Å². The first-order chi connectivity index (χ1) is 8.51. The van der Waals surface area contributed by atoms with Crippen molar-refractivity contribution in [3.05, 3.63) is 0 Å². The number of hydrogen-bond acceptors (Lipinski definition) is 3. The molecule has 0 aromatic rings. The number of quaternary nitrogens is 1. The molecule has 0 amide bonds. The van der Waals surface area contributed by atoms with Gasteiger partial charge in [0.05, 0.1) is 45.6 Å². The molecular formula is C13H31NO3P+. The summed E-state index contributed by atoms with van der Waals surface area (Å²) in [5, 5.41) is 0. The van der Waals surface area contributed by atoms with Crippen molar-refractivity contribution in [2.45, 2.75) is 41.0 Å². The van der Waals surface area contributed by atoms with Gasteiger partial charge >= 0.3 is 7.60 Å². The van der Waals surface area contributed by atoms with Crippen LogP contribution in [0.4, 0.5) is 0 Å². The zero-order valence-electron chi connectivity index (χ0n) is 12.8. The van der Waals surface area contributed by atoms with Gasteiger partial charge in [0.15, 0.2) is 0 Å². The highest BCUT2D eigenvalue weighted by Gasteiger charge is 2.26. The lowest BCUT2D eigenvalue weighted by Crippen LogP contribution is -2.48. The first-order valence-electron chi connectivity index (χ1n) is 7.24. The average Bonchev–Trinajstić information content (AvgIpc) is 2.36. The van der Waals surface area contributed by atoms with Gasteiger partial charge < -0.3 is 13.5 Å². The Morgan fingerprint density at radius 1 is 0.889 bits per heavy atom. The molecule has 0 aliphatic heterocycles. The summed E-state index contributed by atoms with van der Waals surface area (Å²) in [6.45, 7) is 15.7. The molecule has 0 aliphatic carbocycles. The molecule has 110 valence electrons. The first kappa shape index (κ1) is 18.1. The van der Waals surface area contributed by atoms with Crippen LogP contribution in [0.25, 0.3) is 0 Å². The molecule has 0 aromatic carbocycles. The predicted molar refractivity (Wildman–Crippen MR) is 77.1 cm³/mol. The second-order valence-electron chi connectivity index (χ2n) is 4.54. The highest BCUT2D eigenvalue weighted by Crippen LogP contribution is 2.48. The van der Waals surface area contributed by atoms with Crippen molar-refractivity contribution < 1.29 is 18.1 Å². The Morgan fingerprint density at radius 2 is 1.33 bits per heavy atom. The monoisotopic (exact) mass is 280 g/mol. The molecule has 0 heterocycles. The van der Waals surface area contributed by atoms with Gasteiger partial charge in [0.2, 0.25) is 0 Å². The van der Waals surface area contributed by atoms with Crippen LogP contribution in [0.1, 0.15) is 41.0 Å². The standard InChI is InChI=1S/C13H31NO3P/c1-6-14(7-2,8-3)12-11-13-18(15,16-9-4)17-10-5/h6-13H2,1-5H3/q+1. The van der Waals surface area contributed by atoms with Crippen LogP contribution in [0.3, 0.4) is 0 Å². The van der Waals surface area contributed by atoms with Crippen LogP contribution in [-0.2, 0) is 13.6 Å². The second-order valence-corrected chi connectivity index (χ2v) is 6.72. The topological polar surface area (TPSA) is 35.5 Å². The zero-order valence-corrected chi connectivity index (χ0v) is 13.7. The van der Waals surface area contributed by atoms with Gasteiger partial charge in [-0.3, -0.25) is 4.57 Å². The fourth-order valence-corrected chi connectivity index (χ4v) is 3.95. The van der Waals surface area contributed by atoms with Crippen LogP contribution in [-0.4, -0.2) is 50.0 Å². The lowest BCUT2D eigenvalue weighted by Gasteiger charge is -2.36. The molecule has 0 saturated heterocycles. The fourth-order valence-electron chi connectivity index (χ4n) is 2.30. The fraction of sp³-hybridized carbons (Fsp3) is 1.00. The third-order valence-electron chi connectivity index (χ3n) is 3.73. The Kier molecular flexibility index (Phi) is 9.14. The van der Waals surface area contributed by atoms with E-state index in [9.17, 15) is 4.57 Å². The molecule has 0 spiro atoms. The lowest BCUT2D eigenvalue weighted by molar-refractivity contribution is -0.923. The quantitative estimate of drug-likeness (QED) is 0.429. The van der Waals surface area contributed by atoms with Crippen molar-refractivity contribution in [1.82, 2.24) is 0 Å². The summed E-state index contributed by atoms with van der Waals surface area (Å²) in [4.78, 5) is 0. The van der Waals surface area contributed by atoms with Crippen molar-refractivity contribution in [3.8, 4) is 0 Å². The summed E-state index contributed by atoms with van der Waals surface area (Å²) in [6.07, 6.45) is 1.43. The number of rotatable bonds is 11. The molecule has 0 aliphatic rings. The van der Waals surface area contributed by atoms with Gasteiger partial charge in [-0.2, -0.15) is 0 Å². The van der Waals surface area contributed by atoms with Crippen LogP contribution in [0, 0.1) is 0 Å². The highest BCUT2D eigenvalue weighted by atomic mass is 31.2. The predicted octanol–water partition coefficient (Wildman–Crippen LogP) is 3.52. The Labute approximate surface area is 113 Å². The van der Waals surface area contributed by atoms with Crippen molar-refractivity contribution in [2.75, 3.05) is 45.6 Å². The molecule has 0 fully saturated rings. The molecule has 0 unspecified atom stereocenters. The van der Waals surface area contributed by atoms with E-state index in [2.05, 4.69) is 20.8 Å². The van der Waals surface area contributed by atoms with Gasteiger partial charge in [-0.05, 0) is 34.6 Å². The molecule has 0 N–H and O–H groups in total. The van der Waals surface area contributed by atoms with Crippen molar-refractivity contribution in [2.24, 2.45) is 0 Å². The van der Waals surface area contributed by atoms with Crippen LogP contribution in [0.15, 0.2) is 0 Å². The molecule has 0 atom stereocenters. The normalized spacial score (nSPS) is 12.9. The van der Waals surface area contributed by atoms with E-state index in [4.69, 9.17) is 9.05 Å². The third kappa shape index (κ3) is 5.83. The van der Waals surface area contributed by atoms with E-state index in [1.807, 2.05) is 13.8 Å². The molecular weight excluding hydrogens is 249 g/mol. The van der Waals surface area contributed by atoms with Gasteiger partial charge in [0.25, 0.3) is 0 Å². The van der Waals surface area contributed by atoms with Crippen molar-refractivity contribution >= 4 is 7.60 Å². The molecule has 0 rings (SSSR count). The third-order valence-corrected chi connectivity index (χ3v) is 5.90. The molecule has 0 bridgehead atoms. The minimum atomic E-state index is -2.85. The summed E-state index contributed by atoms with van der Waals surface area (Å²) in [5.74, 6) is 0. The second kappa shape index (κ2) is 9.08. The van der Waals surface area contributed by atoms with E-state index in [0.717, 1.165) is 37.1 Å². The lowest BCUT2D eigenvalue weighted by atomic mass is 10.3. The van der Waals surface area contributed by atoms with Crippen LogP contribution >= 0.6 is 7.60 Å². The Balaban J connectivity index is 4.32. The molecule has 0 saturated carbocycles. The SMILES string of the molecule is CCOP(=O)(CCC[N+](CC)(CC)CC)OCC. The molecule has 18 heavy (non-hydrogen) atoms. The summed E-state index contributed by atoms with van der Waals surface area (Å²) in [5.41, 5.74) is 0. The van der Waals surface area contributed by atoms with Gasteiger partial charge in [-0.15, -0.1) is 0 Å². The van der Waals surface area contributed by atoms with E-state index in [1.54, 1.807) is 0 Å². The van der Waals surface area contributed by atoms with E-state index < -0.39 is 7.60 Å². The summed E-state index contributed by atoms with van der Waals surface area (Å²) in [7, 11) is -2.85. The average molecular weight is 280 g/mol. The maximum Gasteiger partial charge on any atom is 0.330 e. The molecule has 4 nitrogen and oxygen atoms in total. The van der Waals surface area contributed by atoms with Gasteiger partial charge in [0, 0.05) is 6.42 Å². The van der Waals surface area contributed by atoms with Crippen LogP contribution < -0.4 is 0 Å². The number of hydrogen-bond donors (Lipinski definition) is 0. The van der Waals surface area contributed by atoms with Gasteiger partial charge in [0.1, 0.15) is 0 Å². The Morgan fingerprint density at radius 3 is 1.67 bits per heavy atom. The minimum absolute atomic E-state index is 0.451.